The molecule has 0 amide bonds. The third-order valence-corrected chi connectivity index (χ3v) is 4.62. The Morgan fingerprint density at radius 2 is 2.23 bits per heavy atom. The van der Waals surface area contributed by atoms with Gasteiger partial charge in [-0.2, -0.15) is 0 Å². The number of nitrogens with two attached hydrogens (primary N) is 1. The fraction of sp³-hybridized carbons (Fsp3) is 0.111. The third kappa shape index (κ3) is 1.67. The molecular weight excluding hydrogens is 313 g/mol. The van der Waals surface area contributed by atoms with Gasteiger partial charge in [0.05, 0.1) is 13.3 Å². The lowest BCUT2D eigenvalue weighted by Crippen LogP contribution is -1.87. The van der Waals surface area contributed by atoms with Crippen LogP contribution in [0.15, 0.2) is 23.1 Å². The van der Waals surface area contributed by atoms with Crippen LogP contribution in [0.1, 0.15) is 0 Å². The Bertz CT molecular complexity index is 450. The maximum atomic E-state index is 6.03. The van der Waals surface area contributed by atoms with Crippen LogP contribution in [0, 0.1) is 2.88 Å². The van der Waals surface area contributed by atoms with Gasteiger partial charge in [0.2, 0.25) is 0 Å². The number of thiophene rings is 1. The van der Waals surface area contributed by atoms with Gasteiger partial charge in [-0.15, -0.1) is 23.1 Å². The molecule has 4 heteroatoms. The van der Waals surface area contributed by atoms with Gasteiger partial charge in [-0.1, -0.05) is 6.07 Å². The predicted molar refractivity (Wildman–Crippen MR) is 70.7 cm³/mol. The number of hydrogen-bond acceptors (Lipinski definition) is 3. The molecule has 2 aromatic rings. The van der Waals surface area contributed by atoms with Gasteiger partial charge in [0.25, 0.3) is 0 Å². The Balaban J connectivity index is 2.78. The lowest BCUT2D eigenvalue weighted by atomic mass is 10.2. The zero-order valence-corrected chi connectivity index (χ0v) is 10.8. The Labute approximate surface area is 98.8 Å². The highest BCUT2D eigenvalue weighted by Crippen LogP contribution is 2.36. The summed E-state index contributed by atoms with van der Waals surface area (Å²) >= 11 is 5.78. The summed E-state index contributed by atoms with van der Waals surface area (Å²) in [6.07, 6.45) is 2.05. The maximum Gasteiger partial charge on any atom is 0.0666 e. The van der Waals surface area contributed by atoms with Crippen LogP contribution in [-0.2, 0) is 0 Å². The van der Waals surface area contributed by atoms with Gasteiger partial charge in [-0.25, -0.2) is 0 Å². The molecule has 0 aliphatic carbocycles. The molecule has 1 heterocycles. The van der Waals surface area contributed by atoms with E-state index in [9.17, 15) is 0 Å². The molecule has 0 aliphatic rings. The third-order valence-electron chi connectivity index (χ3n) is 1.87. The van der Waals surface area contributed by atoms with Crippen LogP contribution in [0.5, 0.6) is 0 Å². The number of fused-ring (bicyclic) bond motifs is 1. The fourth-order valence-electron chi connectivity index (χ4n) is 1.25. The molecular formula is C9H8INS2. The predicted octanol–water partition coefficient (Wildman–Crippen LogP) is 3.81. The van der Waals surface area contributed by atoms with Crippen molar-refractivity contribution in [1.82, 2.24) is 0 Å². The van der Waals surface area contributed by atoms with Crippen molar-refractivity contribution in [3.63, 3.8) is 0 Å². The minimum absolute atomic E-state index is 0.929. The molecule has 2 N–H and O–H groups in total. The largest absolute Gasteiger partial charge is 0.397 e. The van der Waals surface area contributed by atoms with Gasteiger partial charge < -0.3 is 5.73 Å². The number of halogens is 1. The molecule has 0 saturated heterocycles. The zero-order valence-electron chi connectivity index (χ0n) is 7.00. The summed E-state index contributed by atoms with van der Waals surface area (Å²) in [5, 5.41) is 1.25. The second-order valence-corrected chi connectivity index (χ2v) is 6.44. The molecule has 0 bridgehead atoms. The Hall–Kier alpha value is 0.0600. The molecule has 0 aliphatic heterocycles. The first-order chi connectivity index (χ1) is 6.22. The van der Waals surface area contributed by atoms with E-state index in [4.69, 9.17) is 5.73 Å². The zero-order chi connectivity index (χ0) is 9.42. The average molecular weight is 321 g/mol. The lowest BCUT2D eigenvalue weighted by molar-refractivity contribution is 1.52. The molecule has 0 unspecified atom stereocenters. The minimum atomic E-state index is 0.929. The smallest absolute Gasteiger partial charge is 0.0666 e. The van der Waals surface area contributed by atoms with Crippen molar-refractivity contribution in [2.24, 2.45) is 0 Å². The summed E-state index contributed by atoms with van der Waals surface area (Å²) in [6, 6.07) is 6.39. The Kier molecular flexibility index (Phi) is 2.71. The van der Waals surface area contributed by atoms with Crippen molar-refractivity contribution in [2.75, 3.05) is 12.0 Å². The Morgan fingerprint density at radius 3 is 2.92 bits per heavy atom. The summed E-state index contributed by atoms with van der Waals surface area (Å²) < 4.78 is 2.51. The van der Waals surface area contributed by atoms with Crippen molar-refractivity contribution in [3.05, 3.63) is 21.1 Å². The average Bonchev–Trinajstić information content (AvgIpc) is 2.47. The summed E-state index contributed by atoms with van der Waals surface area (Å²) in [5.74, 6) is 0. The number of anilines is 1. The highest BCUT2D eigenvalue weighted by atomic mass is 127. The van der Waals surface area contributed by atoms with Crippen molar-refractivity contribution in [1.29, 1.82) is 0 Å². The minimum Gasteiger partial charge on any atom is -0.397 e. The molecule has 1 nitrogen and oxygen atoms in total. The van der Waals surface area contributed by atoms with E-state index in [2.05, 4.69) is 47.0 Å². The number of hydrogen-bond donors (Lipinski definition) is 1. The van der Waals surface area contributed by atoms with E-state index in [1.54, 1.807) is 23.1 Å². The molecule has 0 fully saturated rings. The van der Waals surface area contributed by atoms with Crippen LogP contribution >= 0.6 is 45.7 Å². The van der Waals surface area contributed by atoms with Crippen LogP contribution in [0.4, 0.5) is 5.69 Å². The van der Waals surface area contributed by atoms with Crippen LogP contribution < -0.4 is 5.73 Å². The van der Waals surface area contributed by atoms with Crippen LogP contribution in [0.25, 0.3) is 10.1 Å². The van der Waals surface area contributed by atoms with Crippen molar-refractivity contribution in [3.8, 4) is 0 Å². The van der Waals surface area contributed by atoms with Gasteiger partial charge in [0.1, 0.15) is 0 Å². The first-order valence-corrected chi connectivity index (χ1v) is 6.86. The molecule has 1 aromatic heterocycles. The van der Waals surface area contributed by atoms with E-state index < -0.39 is 0 Å². The summed E-state index contributed by atoms with van der Waals surface area (Å²) in [4.78, 5) is 1.17. The van der Waals surface area contributed by atoms with Crippen molar-refractivity contribution < 1.29 is 0 Å². The van der Waals surface area contributed by atoms with Gasteiger partial charge in [0.15, 0.2) is 0 Å². The fourth-order valence-corrected chi connectivity index (χ4v) is 3.69. The highest BCUT2D eigenvalue weighted by Gasteiger charge is 2.06. The topological polar surface area (TPSA) is 26.0 Å². The molecule has 1 aromatic carbocycles. The first-order valence-electron chi connectivity index (χ1n) is 3.74. The van der Waals surface area contributed by atoms with Crippen LogP contribution in [-0.4, -0.2) is 6.26 Å². The summed E-state index contributed by atoms with van der Waals surface area (Å²) in [6.45, 7) is 0. The van der Waals surface area contributed by atoms with E-state index in [-0.39, 0.29) is 0 Å². The Morgan fingerprint density at radius 1 is 1.46 bits per heavy atom. The van der Waals surface area contributed by atoms with Gasteiger partial charge in [0, 0.05) is 4.90 Å². The number of rotatable bonds is 1. The van der Waals surface area contributed by atoms with E-state index >= 15 is 0 Å². The highest BCUT2D eigenvalue weighted by molar-refractivity contribution is 14.1. The molecule has 0 spiro atoms. The van der Waals surface area contributed by atoms with Crippen molar-refractivity contribution >= 4 is 61.5 Å². The SMILES string of the molecule is CSc1ccc2cc(I)sc2c1N. The monoisotopic (exact) mass is 321 g/mol. The van der Waals surface area contributed by atoms with E-state index in [1.165, 1.54) is 17.9 Å². The standard InChI is InChI=1S/C9H8INS2/c1-12-6-3-2-5-4-7(10)13-9(5)8(6)11/h2-4H,11H2,1H3. The molecule has 13 heavy (non-hydrogen) atoms. The normalized spacial score (nSPS) is 10.9. The molecule has 0 radical (unpaired) electrons. The molecule has 68 valence electrons. The van der Waals surface area contributed by atoms with Crippen LogP contribution in [0.3, 0.4) is 0 Å². The van der Waals surface area contributed by atoms with Gasteiger partial charge in [-0.3, -0.25) is 0 Å². The molecule has 0 atom stereocenters. The van der Waals surface area contributed by atoms with Gasteiger partial charge in [-0.05, 0) is 46.4 Å². The molecule has 0 saturated carbocycles. The number of nitrogen functional groups attached to an aromatic ring is 1. The van der Waals surface area contributed by atoms with E-state index in [0.29, 0.717) is 0 Å². The maximum absolute atomic E-state index is 6.03. The molecule has 2 rings (SSSR count). The number of benzene rings is 1. The van der Waals surface area contributed by atoms with Crippen LogP contribution in [0.2, 0.25) is 0 Å². The van der Waals surface area contributed by atoms with E-state index in [1.807, 2.05) is 0 Å². The second kappa shape index (κ2) is 3.67. The van der Waals surface area contributed by atoms with Crippen molar-refractivity contribution in [2.45, 2.75) is 4.90 Å². The number of thioether (sulfide) groups is 1. The van der Waals surface area contributed by atoms with Gasteiger partial charge >= 0.3 is 0 Å². The summed E-state index contributed by atoms with van der Waals surface area (Å²) in [7, 11) is 0. The first kappa shape index (κ1) is 9.61. The lowest BCUT2D eigenvalue weighted by Gasteiger charge is -2.01. The summed E-state index contributed by atoms with van der Waals surface area (Å²) in [5.41, 5.74) is 6.96. The second-order valence-electron chi connectivity index (χ2n) is 2.65. The quantitative estimate of drug-likeness (QED) is 0.491. The van der Waals surface area contributed by atoms with E-state index in [0.717, 1.165) is 5.69 Å².